The van der Waals surface area contributed by atoms with Gasteiger partial charge in [0.1, 0.15) is 3.14 Å². The van der Waals surface area contributed by atoms with E-state index in [0.717, 1.165) is 3.14 Å². The first kappa shape index (κ1) is 36.7. The number of rotatable bonds is 22. The summed E-state index contributed by atoms with van der Waals surface area (Å²) in [5, 5.41) is 0. The van der Waals surface area contributed by atoms with Gasteiger partial charge in [-0.05, 0) is 218 Å². The molecule has 1 aromatic rings. The second kappa shape index (κ2) is 29.2. The van der Waals surface area contributed by atoms with Gasteiger partial charge in [-0.25, -0.2) is 0 Å². The highest BCUT2D eigenvalue weighted by molar-refractivity contribution is 9.55. The summed E-state index contributed by atoms with van der Waals surface area (Å²) in [5.74, 6) is 0. The van der Waals surface area contributed by atoms with Crippen LogP contribution in [0.1, 0.15) is 0 Å². The van der Waals surface area contributed by atoms with Crippen LogP contribution in [0.2, 0.25) is 0 Å². The fourth-order valence-corrected chi connectivity index (χ4v) is 56.3. The van der Waals surface area contributed by atoms with E-state index in [1.807, 2.05) is 21.6 Å². The summed E-state index contributed by atoms with van der Waals surface area (Å²) in [6.45, 7) is 0. The largest absolute Gasteiger partial charge is 0.145 e. The molecule has 1 rings (SSSR count). The lowest BCUT2D eigenvalue weighted by atomic mass is 11.1. The second-order valence-corrected chi connectivity index (χ2v) is 44.2. The van der Waals surface area contributed by atoms with Gasteiger partial charge in [-0.3, -0.25) is 0 Å². The molecule has 0 fully saturated rings. The molecule has 0 atom stereocenters. The third-order valence-electron chi connectivity index (χ3n) is 1.24. The van der Waals surface area contributed by atoms with Gasteiger partial charge in [0, 0.05) is 0 Å². The smallest absolute Gasteiger partial charge is 0.104 e. The molecule has 0 aromatic carbocycles. The van der Waals surface area contributed by atoms with E-state index in [1.165, 1.54) is 28.1 Å². The lowest BCUT2D eigenvalue weighted by molar-refractivity contribution is 1.56. The first-order valence-corrected chi connectivity index (χ1v) is 37.8. The Balaban J connectivity index is 2.03. The normalized spacial score (nSPS) is 11.4. The summed E-state index contributed by atoms with van der Waals surface area (Å²) in [5.41, 5.74) is 0. The van der Waals surface area contributed by atoms with E-state index < -0.39 is 0 Å². The fraction of sp³-hybridized carbons (Fsp3) is 0. The maximum Gasteiger partial charge on any atom is 0.145 e. The van der Waals surface area contributed by atoms with Gasteiger partial charge < -0.3 is 0 Å². The van der Waals surface area contributed by atoms with Crippen molar-refractivity contribution in [2.75, 3.05) is 0 Å². The van der Waals surface area contributed by atoms with Crippen molar-refractivity contribution in [3.05, 3.63) is 3.14 Å². The molecule has 0 aliphatic carbocycles. The molecule has 0 saturated carbocycles. The van der Waals surface area contributed by atoms with Gasteiger partial charge in [0.25, 0.3) is 0 Å². The minimum absolute atomic E-state index is 0.998. The van der Waals surface area contributed by atoms with E-state index in [-0.39, 0.29) is 0 Å². The van der Waals surface area contributed by atoms with Crippen LogP contribution < -0.4 is 0 Å². The molecular weight excluding hydrogens is 902 g/mol. The van der Waals surface area contributed by atoms with Crippen molar-refractivity contribution in [2.24, 2.45) is 0 Å². The Hall–Kier alpha value is 8.67. The molecule has 0 amide bonds. The second-order valence-electron chi connectivity index (χ2n) is 2.57. The summed E-state index contributed by atoms with van der Waals surface area (Å²) < 4.78 is 3.63. The quantitative estimate of drug-likeness (QED) is 0.0490. The number of hydrogen-bond acceptors (Lipinski definition) is 27. The van der Waals surface area contributed by atoms with E-state index in [9.17, 15) is 0 Å². The van der Waals surface area contributed by atoms with E-state index >= 15 is 0 Å². The summed E-state index contributed by atoms with van der Waals surface area (Å²) in [7, 11) is 38.5. The topological polar surface area (TPSA) is 0 Å². The predicted octanol–water partition coefficient (Wildman–Crippen LogP) is 17.4. The van der Waals surface area contributed by atoms with Crippen LogP contribution in [-0.2, 0) is 0 Å². The van der Waals surface area contributed by atoms with Crippen molar-refractivity contribution in [1.29, 1.82) is 0 Å². The van der Waals surface area contributed by atoms with Crippen molar-refractivity contribution in [1.82, 2.24) is 0 Å². The maximum atomic E-state index is 5.40. The lowest BCUT2D eigenvalue weighted by Crippen LogP contribution is -1.56. The number of thiol groups is 2. The molecule has 1 aromatic heterocycles. The molecule has 0 N–H and O–H groups in total. The minimum atomic E-state index is 0.998. The molecular formula is C3H2S27. The predicted molar refractivity (Wildman–Crippen MR) is 215 cm³/mol. The molecule has 1 heterocycles. The molecule has 0 aliphatic rings. The van der Waals surface area contributed by atoms with Gasteiger partial charge in [0.2, 0.25) is 0 Å². The van der Waals surface area contributed by atoms with Crippen molar-refractivity contribution in [3.8, 4) is 0 Å². The van der Waals surface area contributed by atoms with Crippen LogP contribution >= 0.6 is 276 Å². The van der Waals surface area contributed by atoms with Gasteiger partial charge in [0.15, 0.2) is 0 Å². The van der Waals surface area contributed by atoms with Crippen LogP contribution in [0, 0.1) is 3.14 Å². The Labute approximate surface area is 281 Å². The van der Waals surface area contributed by atoms with Crippen molar-refractivity contribution in [2.45, 2.75) is 8.42 Å². The Bertz CT molecular complexity index is 484. The van der Waals surface area contributed by atoms with E-state index in [1.54, 1.807) is 200 Å². The Morgan fingerprint density at radius 1 is 0.433 bits per heavy atom. The Kier molecular flexibility index (Phi) is 35.7. The average Bonchev–Trinajstić information content (AvgIpc) is 3.10. The molecule has 0 nitrogen and oxygen atoms in total. The van der Waals surface area contributed by atoms with Gasteiger partial charge in [0.05, 0.1) is 8.42 Å². The van der Waals surface area contributed by atoms with Gasteiger partial charge >= 0.3 is 0 Å². The fourth-order valence-electron chi connectivity index (χ4n) is 0.631. The highest BCUT2D eigenvalue weighted by Crippen LogP contribution is 2.64. The first-order valence-electron chi connectivity index (χ1n) is 5.38. The SMILES string of the molecule is S=c1sc(SSSSSSSSSSSS)c(SSSSSSSSSSSS)s1. The zero-order chi connectivity index (χ0) is 21.7. The molecule has 0 saturated heterocycles. The van der Waals surface area contributed by atoms with Gasteiger partial charge in [-0.1, -0.05) is 35.5 Å². The van der Waals surface area contributed by atoms with Crippen LogP contribution in [0.3, 0.4) is 0 Å². The van der Waals surface area contributed by atoms with Crippen LogP contribution in [0.15, 0.2) is 8.42 Å². The zero-order valence-electron chi connectivity index (χ0n) is 12.6. The molecule has 0 aliphatic heterocycles. The van der Waals surface area contributed by atoms with Gasteiger partial charge in [-0.15, -0.1) is 22.7 Å². The van der Waals surface area contributed by atoms with E-state index in [0.29, 0.717) is 0 Å². The molecule has 0 unspecified atom stereocenters. The van der Waals surface area contributed by atoms with Crippen molar-refractivity contribution >= 4 is 276 Å². The van der Waals surface area contributed by atoms with Gasteiger partial charge in [-0.2, -0.15) is 0 Å². The summed E-state index contributed by atoms with van der Waals surface area (Å²) in [4.78, 5) is 0. The lowest BCUT2D eigenvalue weighted by Gasteiger charge is -2.00. The molecule has 176 valence electrons. The van der Waals surface area contributed by atoms with Crippen LogP contribution in [0.25, 0.3) is 0 Å². The monoisotopic (exact) mass is 901 g/mol. The van der Waals surface area contributed by atoms with Crippen molar-refractivity contribution in [3.63, 3.8) is 0 Å². The number of hydrogen-bond donors (Lipinski definition) is 2. The average molecular weight is 904 g/mol. The molecule has 0 bridgehead atoms. The minimum Gasteiger partial charge on any atom is -0.104 e. The first-order chi connectivity index (χ1) is 14.8. The maximum absolute atomic E-state index is 5.40. The van der Waals surface area contributed by atoms with E-state index in [2.05, 4.69) is 23.3 Å². The zero-order valence-corrected chi connectivity index (χ0v) is 34.8. The summed E-state index contributed by atoms with van der Waals surface area (Å²) >= 11 is 17.0. The molecule has 27 heteroatoms. The van der Waals surface area contributed by atoms with Crippen LogP contribution in [-0.4, -0.2) is 0 Å². The molecule has 0 radical (unpaired) electrons. The Morgan fingerprint density at radius 3 is 1.00 bits per heavy atom. The third-order valence-corrected chi connectivity index (χ3v) is 49.4. The third kappa shape index (κ3) is 23.4. The Morgan fingerprint density at radius 2 is 0.700 bits per heavy atom. The highest BCUT2D eigenvalue weighted by Gasteiger charge is 2.11. The van der Waals surface area contributed by atoms with Crippen LogP contribution in [0.5, 0.6) is 0 Å². The molecule has 0 spiro atoms. The highest BCUT2D eigenvalue weighted by atomic mass is 34.0. The standard InChI is InChI=1S/C3H2S27/c4-3-7-1(9-13-17-21-25-29-27-23-19-15-11-5)2(8-3)10-14-18-22-26-30-28-24-20-16-12-6/h5-6H. The van der Waals surface area contributed by atoms with E-state index in [4.69, 9.17) is 12.2 Å². The molecule has 30 heavy (non-hydrogen) atoms. The van der Waals surface area contributed by atoms with Crippen molar-refractivity contribution < 1.29 is 0 Å². The summed E-state index contributed by atoms with van der Waals surface area (Å²) in [6.07, 6.45) is 0. The van der Waals surface area contributed by atoms with Crippen LogP contribution in [0.4, 0.5) is 0 Å². The summed E-state index contributed by atoms with van der Waals surface area (Å²) in [6, 6.07) is 0.